The van der Waals surface area contributed by atoms with Crippen molar-refractivity contribution in [2.45, 2.75) is 46.1 Å². The molecule has 0 bridgehead atoms. The standard InChI is InChI=1S/C9H18O/c1-7-6-8(10)4-5-9(7,2)3/h7-8,10H,4-6H2,1-3H3/t7?,8-/m1/s1. The zero-order valence-corrected chi connectivity index (χ0v) is 7.22. The lowest BCUT2D eigenvalue weighted by molar-refractivity contribution is 0.0367. The van der Waals surface area contributed by atoms with E-state index < -0.39 is 0 Å². The van der Waals surface area contributed by atoms with Gasteiger partial charge in [0.25, 0.3) is 0 Å². The average molecular weight is 142 g/mol. The van der Waals surface area contributed by atoms with Crippen molar-refractivity contribution < 1.29 is 5.11 Å². The third-order valence-corrected chi connectivity index (χ3v) is 3.08. The Morgan fingerprint density at radius 1 is 1.40 bits per heavy atom. The summed E-state index contributed by atoms with van der Waals surface area (Å²) in [5.41, 5.74) is 0.458. The summed E-state index contributed by atoms with van der Waals surface area (Å²) in [5, 5.41) is 9.31. The lowest BCUT2D eigenvalue weighted by Gasteiger charge is -2.38. The predicted octanol–water partition coefficient (Wildman–Crippen LogP) is 2.19. The van der Waals surface area contributed by atoms with Crippen LogP contribution in [-0.4, -0.2) is 11.2 Å². The molecule has 0 aromatic heterocycles. The van der Waals surface area contributed by atoms with E-state index in [9.17, 15) is 5.11 Å². The summed E-state index contributed by atoms with van der Waals surface area (Å²) in [6.45, 7) is 6.83. The summed E-state index contributed by atoms with van der Waals surface area (Å²) >= 11 is 0. The maximum absolute atomic E-state index is 9.31. The predicted molar refractivity (Wildman–Crippen MR) is 42.8 cm³/mol. The number of hydrogen-bond donors (Lipinski definition) is 1. The van der Waals surface area contributed by atoms with Gasteiger partial charge in [-0.3, -0.25) is 0 Å². The average Bonchev–Trinajstić information content (AvgIpc) is 1.81. The third-order valence-electron chi connectivity index (χ3n) is 3.08. The monoisotopic (exact) mass is 142 g/mol. The molecule has 1 aliphatic rings. The highest BCUT2D eigenvalue weighted by Crippen LogP contribution is 2.39. The summed E-state index contributed by atoms with van der Waals surface area (Å²) in [6.07, 6.45) is 3.14. The van der Waals surface area contributed by atoms with Gasteiger partial charge in [-0.05, 0) is 30.6 Å². The Bertz CT molecular complexity index is 118. The van der Waals surface area contributed by atoms with Gasteiger partial charge in [-0.2, -0.15) is 0 Å². The van der Waals surface area contributed by atoms with E-state index in [1.54, 1.807) is 0 Å². The van der Waals surface area contributed by atoms with E-state index in [0.29, 0.717) is 11.3 Å². The lowest BCUT2D eigenvalue weighted by atomic mass is 9.69. The summed E-state index contributed by atoms with van der Waals surface area (Å²) in [7, 11) is 0. The lowest BCUT2D eigenvalue weighted by Crippen LogP contribution is -2.32. The second-order valence-electron chi connectivity index (χ2n) is 4.32. The van der Waals surface area contributed by atoms with E-state index in [-0.39, 0.29) is 6.10 Å². The zero-order chi connectivity index (χ0) is 7.78. The van der Waals surface area contributed by atoms with Gasteiger partial charge in [-0.1, -0.05) is 20.8 Å². The molecule has 2 atom stereocenters. The number of aliphatic hydroxyl groups excluding tert-OH is 1. The van der Waals surface area contributed by atoms with Crippen molar-refractivity contribution in [1.29, 1.82) is 0 Å². The molecule has 0 spiro atoms. The Labute approximate surface area is 63.4 Å². The normalized spacial score (nSPS) is 39.6. The Balaban J connectivity index is 2.52. The van der Waals surface area contributed by atoms with E-state index in [2.05, 4.69) is 20.8 Å². The first-order chi connectivity index (χ1) is 4.52. The Morgan fingerprint density at radius 3 is 2.40 bits per heavy atom. The zero-order valence-electron chi connectivity index (χ0n) is 7.22. The maximum atomic E-state index is 9.31. The highest BCUT2D eigenvalue weighted by atomic mass is 16.3. The molecule has 1 heteroatoms. The van der Waals surface area contributed by atoms with Crippen molar-refractivity contribution in [2.75, 3.05) is 0 Å². The molecule has 10 heavy (non-hydrogen) atoms. The second-order valence-corrected chi connectivity index (χ2v) is 4.32. The SMILES string of the molecule is CC1C[C@H](O)CCC1(C)C. The maximum Gasteiger partial charge on any atom is 0.0543 e. The van der Waals surface area contributed by atoms with E-state index in [1.807, 2.05) is 0 Å². The van der Waals surface area contributed by atoms with Crippen LogP contribution in [-0.2, 0) is 0 Å². The smallest absolute Gasteiger partial charge is 0.0543 e. The fourth-order valence-electron chi connectivity index (χ4n) is 1.63. The molecule has 0 saturated heterocycles. The Kier molecular flexibility index (Phi) is 2.04. The van der Waals surface area contributed by atoms with Gasteiger partial charge in [-0.15, -0.1) is 0 Å². The Morgan fingerprint density at radius 2 is 2.00 bits per heavy atom. The highest BCUT2D eigenvalue weighted by molar-refractivity contribution is 4.83. The minimum Gasteiger partial charge on any atom is -0.393 e. The van der Waals surface area contributed by atoms with Crippen molar-refractivity contribution in [3.05, 3.63) is 0 Å². The van der Waals surface area contributed by atoms with E-state index in [0.717, 1.165) is 12.8 Å². The van der Waals surface area contributed by atoms with E-state index in [4.69, 9.17) is 0 Å². The van der Waals surface area contributed by atoms with Gasteiger partial charge < -0.3 is 5.11 Å². The van der Waals surface area contributed by atoms with Crippen molar-refractivity contribution in [2.24, 2.45) is 11.3 Å². The van der Waals surface area contributed by atoms with Gasteiger partial charge in [0.15, 0.2) is 0 Å². The molecule has 0 aromatic carbocycles. The largest absolute Gasteiger partial charge is 0.393 e. The molecule has 0 aromatic rings. The minimum atomic E-state index is -0.0250. The minimum absolute atomic E-state index is 0.0250. The molecule has 1 N–H and O–H groups in total. The van der Waals surface area contributed by atoms with Gasteiger partial charge in [-0.25, -0.2) is 0 Å². The van der Waals surface area contributed by atoms with Crippen LogP contribution in [0.3, 0.4) is 0 Å². The summed E-state index contributed by atoms with van der Waals surface area (Å²) in [5.74, 6) is 0.677. The van der Waals surface area contributed by atoms with Crippen LogP contribution >= 0.6 is 0 Å². The first-order valence-corrected chi connectivity index (χ1v) is 4.20. The van der Waals surface area contributed by atoms with Crippen LogP contribution < -0.4 is 0 Å². The first kappa shape index (κ1) is 8.06. The molecule has 0 amide bonds. The molecule has 1 saturated carbocycles. The molecule has 1 rings (SSSR count). The first-order valence-electron chi connectivity index (χ1n) is 4.20. The Hall–Kier alpha value is -0.0400. The van der Waals surface area contributed by atoms with E-state index >= 15 is 0 Å². The fourth-order valence-corrected chi connectivity index (χ4v) is 1.63. The molecule has 0 heterocycles. The van der Waals surface area contributed by atoms with Crippen LogP contribution in [0.25, 0.3) is 0 Å². The van der Waals surface area contributed by atoms with Gasteiger partial charge in [0.2, 0.25) is 0 Å². The molecule has 0 radical (unpaired) electrons. The van der Waals surface area contributed by atoms with Crippen LogP contribution in [0.5, 0.6) is 0 Å². The molecule has 1 unspecified atom stereocenters. The molecule has 1 nitrogen and oxygen atoms in total. The molecule has 1 aliphatic carbocycles. The van der Waals surface area contributed by atoms with Crippen LogP contribution in [0.15, 0.2) is 0 Å². The topological polar surface area (TPSA) is 20.2 Å². The van der Waals surface area contributed by atoms with Gasteiger partial charge in [0, 0.05) is 0 Å². The van der Waals surface area contributed by atoms with Crippen molar-refractivity contribution in [3.8, 4) is 0 Å². The summed E-state index contributed by atoms with van der Waals surface area (Å²) < 4.78 is 0. The fraction of sp³-hybridized carbons (Fsp3) is 1.00. The third kappa shape index (κ3) is 1.51. The number of aliphatic hydroxyl groups is 1. The van der Waals surface area contributed by atoms with Crippen molar-refractivity contribution in [3.63, 3.8) is 0 Å². The second kappa shape index (κ2) is 2.54. The molecule has 0 aliphatic heterocycles. The molecular weight excluding hydrogens is 124 g/mol. The highest BCUT2D eigenvalue weighted by Gasteiger charge is 2.32. The number of rotatable bonds is 0. The summed E-state index contributed by atoms with van der Waals surface area (Å²) in [4.78, 5) is 0. The summed E-state index contributed by atoms with van der Waals surface area (Å²) in [6, 6.07) is 0. The van der Waals surface area contributed by atoms with Gasteiger partial charge >= 0.3 is 0 Å². The molecule has 1 fully saturated rings. The van der Waals surface area contributed by atoms with Gasteiger partial charge in [0.05, 0.1) is 6.10 Å². The van der Waals surface area contributed by atoms with Gasteiger partial charge in [0.1, 0.15) is 0 Å². The quantitative estimate of drug-likeness (QED) is 0.549. The number of hydrogen-bond acceptors (Lipinski definition) is 1. The van der Waals surface area contributed by atoms with Crippen molar-refractivity contribution in [1.82, 2.24) is 0 Å². The van der Waals surface area contributed by atoms with Crippen LogP contribution in [0.4, 0.5) is 0 Å². The molecular formula is C9H18O. The van der Waals surface area contributed by atoms with Crippen molar-refractivity contribution >= 4 is 0 Å². The van der Waals surface area contributed by atoms with E-state index in [1.165, 1.54) is 6.42 Å². The molecule has 60 valence electrons. The van der Waals surface area contributed by atoms with Crippen LogP contribution in [0.2, 0.25) is 0 Å². The van der Waals surface area contributed by atoms with Crippen LogP contribution in [0.1, 0.15) is 40.0 Å². The van der Waals surface area contributed by atoms with Crippen LogP contribution in [0, 0.1) is 11.3 Å².